The SMILES string of the molecule is CCN(CCO)CCCOc1ccc2c(-c3ccc(F)cc3)csc2c1. The van der Waals surface area contributed by atoms with Crippen LogP contribution in [0.5, 0.6) is 5.75 Å². The molecule has 2 aromatic carbocycles. The van der Waals surface area contributed by atoms with Crippen LogP contribution in [0.4, 0.5) is 4.39 Å². The summed E-state index contributed by atoms with van der Waals surface area (Å²) < 4.78 is 20.2. The van der Waals surface area contributed by atoms with Crippen molar-refractivity contribution in [2.24, 2.45) is 0 Å². The number of likely N-dealkylation sites (N-methyl/N-ethyl adjacent to an activating group) is 1. The summed E-state index contributed by atoms with van der Waals surface area (Å²) in [6.45, 7) is 5.52. The molecule has 1 aromatic heterocycles. The Kier molecular flexibility index (Phi) is 6.61. The average molecular weight is 373 g/mol. The number of halogens is 1. The fourth-order valence-corrected chi connectivity index (χ4v) is 4.00. The first kappa shape index (κ1) is 18.8. The monoisotopic (exact) mass is 373 g/mol. The summed E-state index contributed by atoms with van der Waals surface area (Å²) in [6, 6.07) is 12.7. The minimum absolute atomic E-state index is 0.195. The van der Waals surface area contributed by atoms with E-state index in [0.717, 1.165) is 46.5 Å². The lowest BCUT2D eigenvalue weighted by Crippen LogP contribution is -2.28. The summed E-state index contributed by atoms with van der Waals surface area (Å²) in [7, 11) is 0. The van der Waals surface area contributed by atoms with Crippen molar-refractivity contribution in [3.63, 3.8) is 0 Å². The van der Waals surface area contributed by atoms with Crippen LogP contribution in [0.3, 0.4) is 0 Å². The second-order valence-electron chi connectivity index (χ2n) is 6.17. The normalized spacial score (nSPS) is 11.4. The van der Waals surface area contributed by atoms with Gasteiger partial charge in [-0.05, 0) is 54.2 Å². The molecule has 3 rings (SSSR count). The molecule has 138 valence electrons. The summed E-state index contributed by atoms with van der Waals surface area (Å²) in [4.78, 5) is 2.21. The number of aliphatic hydroxyl groups is 1. The molecule has 3 aromatic rings. The predicted octanol–water partition coefficient (Wildman–Crippen LogP) is 4.79. The van der Waals surface area contributed by atoms with Gasteiger partial charge in [-0.25, -0.2) is 4.39 Å². The summed E-state index contributed by atoms with van der Waals surface area (Å²) >= 11 is 1.67. The van der Waals surface area contributed by atoms with Crippen LogP contribution >= 0.6 is 11.3 Å². The van der Waals surface area contributed by atoms with Crippen molar-refractivity contribution in [3.05, 3.63) is 53.7 Å². The van der Waals surface area contributed by atoms with E-state index in [9.17, 15) is 4.39 Å². The summed E-state index contributed by atoms with van der Waals surface area (Å²) in [5.74, 6) is 0.653. The quantitative estimate of drug-likeness (QED) is 0.547. The second-order valence-corrected chi connectivity index (χ2v) is 7.09. The van der Waals surface area contributed by atoms with Gasteiger partial charge >= 0.3 is 0 Å². The van der Waals surface area contributed by atoms with E-state index in [4.69, 9.17) is 9.84 Å². The van der Waals surface area contributed by atoms with Crippen molar-refractivity contribution in [2.75, 3.05) is 32.8 Å². The molecule has 3 nitrogen and oxygen atoms in total. The molecule has 0 radical (unpaired) electrons. The zero-order chi connectivity index (χ0) is 18.4. The van der Waals surface area contributed by atoms with E-state index in [-0.39, 0.29) is 12.4 Å². The van der Waals surface area contributed by atoms with E-state index in [1.165, 1.54) is 12.1 Å². The third kappa shape index (κ3) is 4.61. The van der Waals surface area contributed by atoms with Crippen molar-refractivity contribution in [2.45, 2.75) is 13.3 Å². The lowest BCUT2D eigenvalue weighted by Gasteiger charge is -2.18. The molecule has 0 unspecified atom stereocenters. The van der Waals surface area contributed by atoms with E-state index >= 15 is 0 Å². The molecule has 0 saturated heterocycles. The van der Waals surface area contributed by atoms with Gasteiger partial charge in [0.1, 0.15) is 11.6 Å². The molecule has 1 N–H and O–H groups in total. The molecule has 0 aliphatic carbocycles. The number of fused-ring (bicyclic) bond motifs is 1. The number of nitrogens with zero attached hydrogens (tertiary/aromatic N) is 1. The van der Waals surface area contributed by atoms with Gasteiger partial charge in [-0.15, -0.1) is 11.3 Å². The topological polar surface area (TPSA) is 32.7 Å². The number of hydrogen-bond donors (Lipinski definition) is 1. The molecule has 0 saturated carbocycles. The summed E-state index contributed by atoms with van der Waals surface area (Å²) in [6.07, 6.45) is 0.928. The molecule has 0 spiro atoms. The van der Waals surface area contributed by atoms with E-state index < -0.39 is 0 Å². The number of thiophene rings is 1. The van der Waals surface area contributed by atoms with Gasteiger partial charge in [-0.3, -0.25) is 0 Å². The van der Waals surface area contributed by atoms with Crippen LogP contribution in [-0.2, 0) is 0 Å². The summed E-state index contributed by atoms with van der Waals surface area (Å²) in [5, 5.41) is 12.3. The summed E-state index contributed by atoms with van der Waals surface area (Å²) in [5.41, 5.74) is 2.15. The molecule has 5 heteroatoms. The van der Waals surface area contributed by atoms with Crippen molar-refractivity contribution < 1.29 is 14.2 Å². The Morgan fingerprint density at radius 3 is 2.65 bits per heavy atom. The Morgan fingerprint density at radius 2 is 1.92 bits per heavy atom. The molecule has 0 aliphatic rings. The maximum Gasteiger partial charge on any atom is 0.123 e. The predicted molar refractivity (Wildman–Crippen MR) is 107 cm³/mol. The first-order valence-electron chi connectivity index (χ1n) is 8.94. The largest absolute Gasteiger partial charge is 0.493 e. The molecular formula is C21H24FNO2S. The van der Waals surface area contributed by atoms with E-state index in [2.05, 4.69) is 29.3 Å². The number of hydrogen-bond acceptors (Lipinski definition) is 4. The van der Waals surface area contributed by atoms with Crippen molar-refractivity contribution in [1.82, 2.24) is 4.90 Å². The zero-order valence-corrected chi connectivity index (χ0v) is 15.8. The van der Waals surface area contributed by atoms with Gasteiger partial charge in [0.05, 0.1) is 13.2 Å². The molecule has 26 heavy (non-hydrogen) atoms. The number of ether oxygens (including phenoxy) is 1. The van der Waals surface area contributed by atoms with Crippen molar-refractivity contribution in [1.29, 1.82) is 0 Å². The van der Waals surface area contributed by atoms with Gasteiger partial charge in [0, 0.05) is 28.7 Å². The Labute approximate surface area is 157 Å². The van der Waals surface area contributed by atoms with Gasteiger partial charge in [-0.2, -0.15) is 0 Å². The van der Waals surface area contributed by atoms with Gasteiger partial charge < -0.3 is 14.7 Å². The molecule has 0 atom stereocenters. The first-order chi connectivity index (χ1) is 12.7. The molecule has 0 amide bonds. The fraction of sp³-hybridized carbons (Fsp3) is 0.333. The van der Waals surface area contributed by atoms with E-state index in [1.807, 2.05) is 18.2 Å². The van der Waals surface area contributed by atoms with Crippen LogP contribution in [0.1, 0.15) is 13.3 Å². The average Bonchev–Trinajstić information content (AvgIpc) is 3.08. The number of rotatable bonds is 9. The molecule has 0 bridgehead atoms. The second kappa shape index (κ2) is 9.12. The van der Waals surface area contributed by atoms with Gasteiger partial charge in [-0.1, -0.05) is 19.1 Å². The highest BCUT2D eigenvalue weighted by molar-refractivity contribution is 7.17. The Bertz CT molecular complexity index is 832. The Hall–Kier alpha value is -1.95. The highest BCUT2D eigenvalue weighted by Crippen LogP contribution is 2.36. The smallest absolute Gasteiger partial charge is 0.123 e. The van der Waals surface area contributed by atoms with Crippen LogP contribution in [0, 0.1) is 5.82 Å². The van der Waals surface area contributed by atoms with Gasteiger partial charge in [0.2, 0.25) is 0 Å². The van der Waals surface area contributed by atoms with Crippen LogP contribution in [0.15, 0.2) is 47.8 Å². The van der Waals surface area contributed by atoms with Crippen LogP contribution in [0.25, 0.3) is 21.2 Å². The zero-order valence-electron chi connectivity index (χ0n) is 15.0. The fourth-order valence-electron chi connectivity index (χ4n) is 3.00. The lowest BCUT2D eigenvalue weighted by atomic mass is 10.0. The van der Waals surface area contributed by atoms with E-state index in [0.29, 0.717) is 13.2 Å². The molecular weight excluding hydrogens is 349 g/mol. The number of benzene rings is 2. The Morgan fingerprint density at radius 1 is 1.12 bits per heavy atom. The molecule has 0 aliphatic heterocycles. The maximum atomic E-state index is 13.1. The molecule has 0 fully saturated rings. The third-order valence-electron chi connectivity index (χ3n) is 4.45. The minimum Gasteiger partial charge on any atom is -0.493 e. The van der Waals surface area contributed by atoms with E-state index in [1.54, 1.807) is 11.3 Å². The van der Waals surface area contributed by atoms with Crippen LogP contribution in [-0.4, -0.2) is 42.9 Å². The van der Waals surface area contributed by atoms with Crippen molar-refractivity contribution in [3.8, 4) is 16.9 Å². The highest BCUT2D eigenvalue weighted by Gasteiger charge is 2.08. The van der Waals surface area contributed by atoms with Crippen LogP contribution < -0.4 is 4.74 Å². The maximum absolute atomic E-state index is 13.1. The first-order valence-corrected chi connectivity index (χ1v) is 9.82. The number of aliphatic hydroxyl groups excluding tert-OH is 1. The van der Waals surface area contributed by atoms with Gasteiger partial charge in [0.15, 0.2) is 0 Å². The van der Waals surface area contributed by atoms with Gasteiger partial charge in [0.25, 0.3) is 0 Å². The molecule has 1 heterocycles. The van der Waals surface area contributed by atoms with Crippen LogP contribution in [0.2, 0.25) is 0 Å². The van der Waals surface area contributed by atoms with Crippen molar-refractivity contribution >= 4 is 21.4 Å². The minimum atomic E-state index is -0.218. The highest BCUT2D eigenvalue weighted by atomic mass is 32.1. The lowest BCUT2D eigenvalue weighted by molar-refractivity contribution is 0.189. The standard InChI is InChI=1S/C21H24FNO2S/c1-2-23(11-12-24)10-3-13-25-18-8-9-19-20(15-26-21(19)14-18)16-4-6-17(22)7-5-16/h4-9,14-15,24H,2-3,10-13H2,1H3. The Balaban J connectivity index is 1.62. The third-order valence-corrected chi connectivity index (χ3v) is 5.40.